The number of fused-ring (bicyclic) bond motifs is 1. The third-order valence-corrected chi connectivity index (χ3v) is 3.89. The van der Waals surface area contributed by atoms with Crippen LogP contribution in [0.4, 0.5) is 10.5 Å². The molecule has 0 aromatic heterocycles. The van der Waals surface area contributed by atoms with Gasteiger partial charge >= 0.3 is 6.03 Å². The highest BCUT2D eigenvalue weighted by Gasteiger charge is 2.21. The Labute approximate surface area is 133 Å². The summed E-state index contributed by atoms with van der Waals surface area (Å²) in [5.41, 5.74) is 4.83. The Morgan fingerprint density at radius 1 is 1.04 bits per heavy atom. The van der Waals surface area contributed by atoms with E-state index in [9.17, 15) is 9.59 Å². The first-order valence-corrected chi connectivity index (χ1v) is 7.34. The van der Waals surface area contributed by atoms with Gasteiger partial charge in [-0.25, -0.2) is 10.3 Å². The zero-order valence-electron chi connectivity index (χ0n) is 12.5. The van der Waals surface area contributed by atoms with E-state index in [4.69, 9.17) is 5.21 Å². The van der Waals surface area contributed by atoms with Crippen molar-refractivity contribution < 1.29 is 14.8 Å². The van der Waals surface area contributed by atoms with Crippen LogP contribution in [-0.4, -0.2) is 28.6 Å². The van der Waals surface area contributed by atoms with Crippen molar-refractivity contribution in [1.82, 2.24) is 10.4 Å². The molecule has 0 bridgehead atoms. The number of urea groups is 1. The van der Waals surface area contributed by atoms with E-state index in [0.29, 0.717) is 25.1 Å². The van der Waals surface area contributed by atoms with E-state index in [1.54, 1.807) is 22.5 Å². The van der Waals surface area contributed by atoms with Gasteiger partial charge in [-0.15, -0.1) is 0 Å². The van der Waals surface area contributed by atoms with E-state index >= 15 is 0 Å². The molecular formula is C17H17N3O3. The lowest BCUT2D eigenvalue weighted by molar-refractivity contribution is 0.0706. The van der Waals surface area contributed by atoms with Crippen LogP contribution >= 0.6 is 0 Å². The summed E-state index contributed by atoms with van der Waals surface area (Å²) in [6.45, 7) is 1.07. The predicted octanol–water partition coefficient (Wildman–Crippen LogP) is 2.40. The van der Waals surface area contributed by atoms with Gasteiger partial charge < -0.3 is 10.2 Å². The highest BCUT2D eigenvalue weighted by molar-refractivity contribution is 5.93. The molecule has 0 saturated heterocycles. The molecule has 1 heterocycles. The summed E-state index contributed by atoms with van der Waals surface area (Å²) in [4.78, 5) is 25.5. The molecule has 0 aliphatic carbocycles. The van der Waals surface area contributed by atoms with Crippen molar-refractivity contribution in [3.05, 3.63) is 65.2 Å². The van der Waals surface area contributed by atoms with Crippen molar-refractivity contribution >= 4 is 17.6 Å². The first kappa shape index (κ1) is 15.1. The van der Waals surface area contributed by atoms with E-state index in [1.807, 2.05) is 36.4 Å². The van der Waals surface area contributed by atoms with Gasteiger partial charge in [0.1, 0.15) is 0 Å². The predicted molar refractivity (Wildman–Crippen MR) is 85.3 cm³/mol. The summed E-state index contributed by atoms with van der Waals surface area (Å²) in [5.74, 6) is -0.531. The van der Waals surface area contributed by atoms with Crippen LogP contribution in [0.5, 0.6) is 0 Å². The Hall–Kier alpha value is -2.86. The first-order valence-electron chi connectivity index (χ1n) is 7.34. The van der Waals surface area contributed by atoms with E-state index in [2.05, 4.69) is 5.32 Å². The summed E-state index contributed by atoms with van der Waals surface area (Å²) in [7, 11) is 0. The fourth-order valence-electron chi connectivity index (χ4n) is 2.66. The van der Waals surface area contributed by atoms with E-state index < -0.39 is 5.91 Å². The third-order valence-electron chi connectivity index (χ3n) is 3.89. The maximum atomic E-state index is 12.3. The van der Waals surface area contributed by atoms with E-state index in [0.717, 1.165) is 16.8 Å². The van der Waals surface area contributed by atoms with Crippen LogP contribution in [0, 0.1) is 0 Å². The molecule has 6 nitrogen and oxygen atoms in total. The SMILES string of the molecule is O=C(NO)c1ccc2c(c1)CCN(C(=O)Nc1ccccc1)C2. The number of amides is 3. The number of hydrogen-bond donors (Lipinski definition) is 3. The number of benzene rings is 2. The Kier molecular flexibility index (Phi) is 4.25. The Morgan fingerprint density at radius 3 is 2.57 bits per heavy atom. The van der Waals surface area contributed by atoms with Gasteiger partial charge in [0.05, 0.1) is 0 Å². The molecule has 3 N–H and O–H groups in total. The number of nitrogens with one attached hydrogen (secondary N) is 2. The van der Waals surface area contributed by atoms with Crippen LogP contribution in [0.3, 0.4) is 0 Å². The molecule has 23 heavy (non-hydrogen) atoms. The monoisotopic (exact) mass is 311 g/mol. The summed E-state index contributed by atoms with van der Waals surface area (Å²) in [6, 6.07) is 14.4. The molecule has 1 aliphatic heterocycles. The molecule has 118 valence electrons. The maximum absolute atomic E-state index is 12.3. The van der Waals surface area contributed by atoms with Gasteiger partial charge in [-0.2, -0.15) is 0 Å². The molecule has 0 fully saturated rings. The second-order valence-electron chi connectivity index (χ2n) is 5.39. The molecular weight excluding hydrogens is 294 g/mol. The van der Waals surface area contributed by atoms with Gasteiger partial charge in [-0.05, 0) is 41.8 Å². The number of carbonyl (C=O) groups excluding carboxylic acids is 2. The summed E-state index contributed by atoms with van der Waals surface area (Å²) < 4.78 is 0. The lowest BCUT2D eigenvalue weighted by atomic mass is 9.97. The maximum Gasteiger partial charge on any atom is 0.322 e. The number of rotatable bonds is 2. The fourth-order valence-corrected chi connectivity index (χ4v) is 2.66. The molecule has 2 aromatic carbocycles. The molecule has 3 amide bonds. The quantitative estimate of drug-likeness (QED) is 0.588. The van der Waals surface area contributed by atoms with Crippen molar-refractivity contribution in [3.63, 3.8) is 0 Å². The molecule has 3 rings (SSSR count). The molecule has 6 heteroatoms. The van der Waals surface area contributed by atoms with E-state index in [-0.39, 0.29) is 6.03 Å². The number of nitrogens with zero attached hydrogens (tertiary/aromatic N) is 1. The number of anilines is 1. The van der Waals surface area contributed by atoms with Gasteiger partial charge in [0, 0.05) is 24.3 Å². The van der Waals surface area contributed by atoms with Crippen LogP contribution in [0.2, 0.25) is 0 Å². The number of hydroxylamine groups is 1. The van der Waals surface area contributed by atoms with E-state index in [1.165, 1.54) is 0 Å². The average Bonchev–Trinajstić information content (AvgIpc) is 2.61. The van der Waals surface area contributed by atoms with Crippen molar-refractivity contribution in [2.45, 2.75) is 13.0 Å². The molecule has 0 unspecified atom stereocenters. The largest absolute Gasteiger partial charge is 0.322 e. The number of hydrogen-bond acceptors (Lipinski definition) is 3. The zero-order valence-corrected chi connectivity index (χ0v) is 12.5. The van der Waals surface area contributed by atoms with Crippen molar-refractivity contribution in [1.29, 1.82) is 0 Å². The average molecular weight is 311 g/mol. The van der Waals surface area contributed by atoms with Crippen molar-refractivity contribution in [2.75, 3.05) is 11.9 Å². The minimum atomic E-state index is -0.531. The molecule has 0 saturated carbocycles. The van der Waals surface area contributed by atoms with Gasteiger partial charge in [-0.1, -0.05) is 24.3 Å². The minimum Gasteiger partial charge on any atom is -0.320 e. The highest BCUT2D eigenvalue weighted by Crippen LogP contribution is 2.21. The lowest BCUT2D eigenvalue weighted by Gasteiger charge is -2.29. The molecule has 0 spiro atoms. The van der Waals surface area contributed by atoms with Gasteiger partial charge in [-0.3, -0.25) is 10.0 Å². The third kappa shape index (κ3) is 3.32. The second kappa shape index (κ2) is 6.50. The highest BCUT2D eigenvalue weighted by atomic mass is 16.5. The van der Waals surface area contributed by atoms with Crippen molar-refractivity contribution in [3.8, 4) is 0 Å². The summed E-state index contributed by atoms with van der Waals surface area (Å²) in [5, 5.41) is 11.6. The fraction of sp³-hybridized carbons (Fsp3) is 0.176. The zero-order chi connectivity index (χ0) is 16.2. The minimum absolute atomic E-state index is 0.140. The second-order valence-corrected chi connectivity index (χ2v) is 5.39. The van der Waals surface area contributed by atoms with Crippen LogP contribution in [0.1, 0.15) is 21.5 Å². The normalized spacial score (nSPS) is 13.2. The van der Waals surface area contributed by atoms with Gasteiger partial charge in [0.25, 0.3) is 5.91 Å². The first-order chi connectivity index (χ1) is 11.2. The van der Waals surface area contributed by atoms with Crippen LogP contribution in [0.15, 0.2) is 48.5 Å². The smallest absolute Gasteiger partial charge is 0.320 e. The number of carbonyl (C=O) groups is 2. The molecule has 0 atom stereocenters. The summed E-state index contributed by atoms with van der Waals surface area (Å²) in [6.07, 6.45) is 0.671. The molecule has 2 aromatic rings. The molecule has 1 aliphatic rings. The standard InChI is InChI=1S/C17H17N3O3/c21-16(19-23)13-6-7-14-11-20(9-8-12(14)10-13)17(22)18-15-4-2-1-3-5-15/h1-7,10,23H,8-9,11H2,(H,18,22)(H,19,21). The van der Waals surface area contributed by atoms with Crippen LogP contribution in [0.25, 0.3) is 0 Å². The van der Waals surface area contributed by atoms with Gasteiger partial charge in [0.2, 0.25) is 0 Å². The van der Waals surface area contributed by atoms with Crippen LogP contribution in [-0.2, 0) is 13.0 Å². The topological polar surface area (TPSA) is 81.7 Å². The Bertz CT molecular complexity index is 731. The molecule has 0 radical (unpaired) electrons. The Morgan fingerprint density at radius 2 is 1.83 bits per heavy atom. The lowest BCUT2D eigenvalue weighted by Crippen LogP contribution is -2.39. The van der Waals surface area contributed by atoms with Gasteiger partial charge in [0.15, 0.2) is 0 Å². The Balaban J connectivity index is 1.70. The van der Waals surface area contributed by atoms with Crippen LogP contribution < -0.4 is 10.8 Å². The number of para-hydroxylation sites is 1. The summed E-state index contributed by atoms with van der Waals surface area (Å²) >= 11 is 0. The van der Waals surface area contributed by atoms with Crippen molar-refractivity contribution in [2.24, 2.45) is 0 Å².